The second-order valence-electron chi connectivity index (χ2n) is 10.8. The summed E-state index contributed by atoms with van der Waals surface area (Å²) in [5.41, 5.74) is 5.58. The van der Waals surface area contributed by atoms with Gasteiger partial charge < -0.3 is 14.6 Å². The Morgan fingerprint density at radius 1 is 0.971 bits per heavy atom. The fourth-order valence-electron chi connectivity index (χ4n) is 7.31. The summed E-state index contributed by atoms with van der Waals surface area (Å²) >= 11 is 0. The van der Waals surface area contributed by atoms with E-state index in [1.165, 1.54) is 44.1 Å². The number of hydrogen-bond acceptors (Lipinski definition) is 4. The first kappa shape index (κ1) is 22.4. The zero-order chi connectivity index (χ0) is 24.0. The molecule has 0 atom stereocenters. The average molecular weight is 473 g/mol. The van der Waals surface area contributed by atoms with E-state index in [4.69, 9.17) is 14.6 Å². The van der Waals surface area contributed by atoms with Crippen LogP contribution in [0.1, 0.15) is 54.4 Å². The number of aromatic amines is 1. The van der Waals surface area contributed by atoms with Crippen LogP contribution in [-0.2, 0) is 10.2 Å². The highest BCUT2D eigenvalue weighted by molar-refractivity contribution is 5.88. The molecule has 4 bridgehead atoms. The van der Waals surface area contributed by atoms with E-state index in [1.54, 1.807) is 19.2 Å². The second kappa shape index (κ2) is 8.83. The normalized spacial score (nSPS) is 26.7. The van der Waals surface area contributed by atoms with E-state index in [0.29, 0.717) is 13.2 Å². The highest BCUT2D eigenvalue weighted by Crippen LogP contribution is 2.62. The number of aromatic carboxylic acids is 1. The van der Waals surface area contributed by atoms with Gasteiger partial charge in [0.25, 0.3) is 0 Å². The maximum absolute atomic E-state index is 11.2. The number of nitrogens with zero attached hydrogens (tertiary/aromatic N) is 1. The van der Waals surface area contributed by atoms with Crippen LogP contribution in [0.3, 0.4) is 0 Å². The smallest absolute Gasteiger partial charge is 0.335 e. The van der Waals surface area contributed by atoms with Gasteiger partial charge in [0, 0.05) is 18.2 Å². The van der Waals surface area contributed by atoms with E-state index >= 15 is 0 Å². The van der Waals surface area contributed by atoms with E-state index < -0.39 is 5.97 Å². The Morgan fingerprint density at radius 2 is 1.63 bits per heavy atom. The van der Waals surface area contributed by atoms with Crippen LogP contribution in [0.2, 0.25) is 0 Å². The average Bonchev–Trinajstić information content (AvgIpc) is 3.34. The van der Waals surface area contributed by atoms with Crippen LogP contribution < -0.4 is 4.74 Å². The van der Waals surface area contributed by atoms with Gasteiger partial charge in [-0.1, -0.05) is 12.1 Å². The predicted molar refractivity (Wildman–Crippen MR) is 134 cm³/mol. The number of methoxy groups -OCH3 is 1. The first-order chi connectivity index (χ1) is 17.0. The number of carbonyl (C=O) groups is 1. The molecular formula is C29H32N2O4. The molecule has 4 fully saturated rings. The predicted octanol–water partition coefficient (Wildman–Crippen LogP) is 5.93. The molecule has 4 aliphatic rings. The molecule has 0 aliphatic heterocycles. The molecule has 0 spiro atoms. The molecule has 2 aromatic carbocycles. The van der Waals surface area contributed by atoms with Crippen molar-refractivity contribution < 1.29 is 19.4 Å². The number of rotatable bonds is 8. The van der Waals surface area contributed by atoms with E-state index in [-0.39, 0.29) is 11.0 Å². The van der Waals surface area contributed by atoms with Crippen molar-refractivity contribution in [2.75, 3.05) is 20.3 Å². The van der Waals surface area contributed by atoms with Crippen molar-refractivity contribution in [3.63, 3.8) is 0 Å². The lowest BCUT2D eigenvalue weighted by Crippen LogP contribution is -2.48. The quantitative estimate of drug-likeness (QED) is 0.397. The molecule has 4 aliphatic carbocycles. The van der Waals surface area contributed by atoms with Gasteiger partial charge in [0.2, 0.25) is 0 Å². The summed E-state index contributed by atoms with van der Waals surface area (Å²) in [4.78, 5) is 11.2. The van der Waals surface area contributed by atoms with Crippen molar-refractivity contribution in [3.8, 4) is 28.3 Å². The van der Waals surface area contributed by atoms with Gasteiger partial charge in [-0.3, -0.25) is 5.10 Å². The number of carboxylic acid groups (broad SMARTS) is 1. The van der Waals surface area contributed by atoms with Gasteiger partial charge in [-0.05, 0) is 104 Å². The first-order valence-corrected chi connectivity index (χ1v) is 12.7. The number of hydrogen-bond donors (Lipinski definition) is 2. The summed E-state index contributed by atoms with van der Waals surface area (Å²) in [6.45, 7) is 1.12. The van der Waals surface area contributed by atoms with Gasteiger partial charge in [-0.2, -0.15) is 5.10 Å². The highest BCUT2D eigenvalue weighted by atomic mass is 16.5. The van der Waals surface area contributed by atoms with E-state index in [1.807, 2.05) is 18.2 Å². The lowest BCUT2D eigenvalue weighted by atomic mass is 9.48. The van der Waals surface area contributed by atoms with Crippen LogP contribution in [0.25, 0.3) is 22.5 Å². The molecule has 35 heavy (non-hydrogen) atoms. The highest BCUT2D eigenvalue weighted by Gasteiger charge is 2.52. The van der Waals surface area contributed by atoms with Crippen molar-refractivity contribution in [3.05, 3.63) is 59.7 Å². The second-order valence-corrected chi connectivity index (χ2v) is 10.8. The van der Waals surface area contributed by atoms with Gasteiger partial charge in [-0.25, -0.2) is 4.79 Å². The summed E-state index contributed by atoms with van der Waals surface area (Å²) in [6, 6.07) is 15.4. The third-order valence-corrected chi connectivity index (χ3v) is 8.45. The number of ether oxygens (including phenoxy) is 2. The third-order valence-electron chi connectivity index (χ3n) is 8.45. The number of benzene rings is 2. The monoisotopic (exact) mass is 472 g/mol. The molecule has 1 heterocycles. The summed E-state index contributed by atoms with van der Waals surface area (Å²) in [5, 5.41) is 16.9. The largest absolute Gasteiger partial charge is 0.491 e. The van der Waals surface area contributed by atoms with Gasteiger partial charge >= 0.3 is 5.97 Å². The number of H-pyrrole nitrogens is 1. The molecule has 182 valence electrons. The SMILES string of the molecule is COCCOc1ccc(-c2cc(-c3ccc(C(=O)O)cc3)[nH]n2)cc1C12CC3CC(CC(C3)C1)C2. The Balaban J connectivity index is 1.34. The number of nitrogens with one attached hydrogen (secondary N) is 1. The van der Waals surface area contributed by atoms with Crippen LogP contribution in [0.5, 0.6) is 5.75 Å². The van der Waals surface area contributed by atoms with Gasteiger partial charge in [0.05, 0.1) is 23.6 Å². The minimum Gasteiger partial charge on any atom is -0.491 e. The van der Waals surface area contributed by atoms with E-state index in [9.17, 15) is 4.79 Å². The molecule has 4 saturated carbocycles. The third kappa shape index (κ3) is 4.14. The summed E-state index contributed by atoms with van der Waals surface area (Å²) in [7, 11) is 1.71. The van der Waals surface area contributed by atoms with Crippen molar-refractivity contribution in [2.24, 2.45) is 17.8 Å². The molecule has 6 nitrogen and oxygen atoms in total. The molecule has 1 aromatic heterocycles. The van der Waals surface area contributed by atoms with Crippen LogP contribution in [0.4, 0.5) is 0 Å². The fourth-order valence-corrected chi connectivity index (χ4v) is 7.31. The molecule has 7 rings (SSSR count). The molecule has 2 N–H and O–H groups in total. The maximum Gasteiger partial charge on any atom is 0.335 e. The Kier molecular flexibility index (Phi) is 5.64. The lowest BCUT2D eigenvalue weighted by molar-refractivity contribution is -0.00658. The van der Waals surface area contributed by atoms with E-state index in [0.717, 1.165) is 46.0 Å². The summed E-state index contributed by atoms with van der Waals surface area (Å²) in [6.07, 6.45) is 8.02. The Labute approximate surface area is 205 Å². The molecule has 0 saturated heterocycles. The van der Waals surface area contributed by atoms with Crippen LogP contribution >= 0.6 is 0 Å². The topological polar surface area (TPSA) is 84.4 Å². The minimum atomic E-state index is -0.924. The van der Waals surface area contributed by atoms with Gasteiger partial charge in [0.1, 0.15) is 12.4 Å². The Bertz CT molecular complexity index is 1190. The first-order valence-electron chi connectivity index (χ1n) is 12.7. The van der Waals surface area contributed by atoms with Crippen molar-refractivity contribution in [1.29, 1.82) is 0 Å². The van der Waals surface area contributed by atoms with Crippen LogP contribution in [0.15, 0.2) is 48.5 Å². The molecule has 0 amide bonds. The van der Waals surface area contributed by atoms with Gasteiger partial charge in [-0.15, -0.1) is 0 Å². The Hall–Kier alpha value is -3.12. The summed E-state index contributed by atoms with van der Waals surface area (Å²) in [5.74, 6) is 2.62. The van der Waals surface area contributed by atoms with Crippen molar-refractivity contribution in [2.45, 2.75) is 43.9 Å². The van der Waals surface area contributed by atoms with Crippen molar-refractivity contribution in [1.82, 2.24) is 10.2 Å². The number of carboxylic acids is 1. The van der Waals surface area contributed by atoms with Gasteiger partial charge in [0.15, 0.2) is 0 Å². The number of aromatic nitrogens is 2. The lowest BCUT2D eigenvalue weighted by Gasteiger charge is -2.57. The summed E-state index contributed by atoms with van der Waals surface area (Å²) < 4.78 is 11.5. The molecule has 0 radical (unpaired) electrons. The molecule has 0 unspecified atom stereocenters. The van der Waals surface area contributed by atoms with Crippen molar-refractivity contribution >= 4 is 5.97 Å². The molecule has 3 aromatic rings. The Morgan fingerprint density at radius 3 is 2.26 bits per heavy atom. The molecule has 6 heteroatoms. The maximum atomic E-state index is 11.2. The minimum absolute atomic E-state index is 0.207. The van der Waals surface area contributed by atoms with Crippen LogP contribution in [0, 0.1) is 17.8 Å². The standard InChI is InChI=1S/C29H32N2O4/c1-34-8-9-35-27-7-6-23(13-24(27)29-15-18-10-19(16-29)12-20(11-18)17-29)26-14-25(30-31-26)21-2-4-22(5-3-21)28(32)33/h2-7,13-14,18-20H,8-12,15-17H2,1H3,(H,30,31)(H,32,33). The zero-order valence-electron chi connectivity index (χ0n) is 20.1. The van der Waals surface area contributed by atoms with Crippen LogP contribution in [-0.4, -0.2) is 41.6 Å². The zero-order valence-corrected chi connectivity index (χ0v) is 20.1. The molecular weight excluding hydrogens is 440 g/mol. The fraction of sp³-hybridized carbons (Fsp3) is 0.448. The van der Waals surface area contributed by atoms with E-state index in [2.05, 4.69) is 28.4 Å².